The van der Waals surface area contributed by atoms with Gasteiger partial charge in [-0.3, -0.25) is 4.79 Å². The van der Waals surface area contributed by atoms with Gasteiger partial charge in [-0.2, -0.15) is 0 Å². The molecule has 136 valence electrons. The highest BCUT2D eigenvalue weighted by molar-refractivity contribution is 6.30. The Morgan fingerprint density at radius 1 is 1.00 bits per heavy atom. The average molecular weight is 373 g/mol. The van der Waals surface area contributed by atoms with Crippen LogP contribution < -0.4 is 4.90 Å². The maximum Gasteiger partial charge on any atom is 0.340 e. The number of hydrogen-bond donors (Lipinski definition) is 0. The van der Waals surface area contributed by atoms with Crippen molar-refractivity contribution in [3.05, 3.63) is 64.7 Å². The lowest BCUT2D eigenvalue weighted by atomic mass is 10.1. The molecule has 0 spiro atoms. The molecule has 0 bridgehead atoms. The first kappa shape index (κ1) is 18.3. The van der Waals surface area contributed by atoms with Gasteiger partial charge < -0.3 is 14.5 Å². The zero-order chi connectivity index (χ0) is 18.5. The van der Waals surface area contributed by atoms with E-state index < -0.39 is 0 Å². The third-order valence-corrected chi connectivity index (χ3v) is 4.65. The normalized spacial score (nSPS) is 14.2. The van der Waals surface area contributed by atoms with E-state index >= 15 is 0 Å². The monoisotopic (exact) mass is 372 g/mol. The number of nitrogens with zero attached hydrogens (tertiary/aromatic N) is 2. The summed E-state index contributed by atoms with van der Waals surface area (Å²) >= 11 is 5.88. The highest BCUT2D eigenvalue weighted by atomic mass is 35.5. The van der Waals surface area contributed by atoms with Crippen LogP contribution in [-0.2, 0) is 4.74 Å². The van der Waals surface area contributed by atoms with Crippen molar-refractivity contribution in [3.63, 3.8) is 0 Å². The van der Waals surface area contributed by atoms with Gasteiger partial charge in [-0.15, -0.1) is 0 Å². The van der Waals surface area contributed by atoms with E-state index in [0.717, 1.165) is 5.69 Å². The summed E-state index contributed by atoms with van der Waals surface area (Å²) in [5, 5.41) is 0.613. The zero-order valence-electron chi connectivity index (χ0n) is 14.7. The van der Waals surface area contributed by atoms with Crippen LogP contribution in [0.25, 0.3) is 0 Å². The largest absolute Gasteiger partial charge is 0.462 e. The quantitative estimate of drug-likeness (QED) is 0.771. The van der Waals surface area contributed by atoms with Crippen LogP contribution in [0.4, 0.5) is 5.69 Å². The number of benzene rings is 2. The maximum atomic E-state index is 12.6. The van der Waals surface area contributed by atoms with E-state index in [1.165, 1.54) is 0 Å². The first-order valence-electron chi connectivity index (χ1n) is 8.66. The molecule has 5 nitrogen and oxygen atoms in total. The van der Waals surface area contributed by atoms with E-state index in [1.807, 2.05) is 23.1 Å². The van der Waals surface area contributed by atoms with Crippen LogP contribution in [0.5, 0.6) is 0 Å². The van der Waals surface area contributed by atoms with Gasteiger partial charge in [0.05, 0.1) is 17.9 Å². The third kappa shape index (κ3) is 3.99. The van der Waals surface area contributed by atoms with Crippen molar-refractivity contribution in [3.8, 4) is 0 Å². The molecule has 26 heavy (non-hydrogen) atoms. The van der Waals surface area contributed by atoms with E-state index in [0.29, 0.717) is 48.9 Å². The smallest absolute Gasteiger partial charge is 0.340 e. The number of halogens is 1. The van der Waals surface area contributed by atoms with Crippen LogP contribution in [0.2, 0.25) is 5.02 Å². The van der Waals surface area contributed by atoms with Gasteiger partial charge in [0.1, 0.15) is 0 Å². The third-order valence-electron chi connectivity index (χ3n) is 4.40. The SMILES string of the molecule is CCOC(=O)c1ccccc1N1CCN(C(=O)c2ccc(Cl)cc2)CC1. The first-order valence-corrected chi connectivity index (χ1v) is 9.04. The molecule has 0 unspecified atom stereocenters. The molecule has 1 aliphatic rings. The second-order valence-electron chi connectivity index (χ2n) is 6.02. The predicted molar refractivity (Wildman–Crippen MR) is 102 cm³/mol. The minimum atomic E-state index is -0.317. The Bertz CT molecular complexity index is 784. The lowest BCUT2D eigenvalue weighted by Gasteiger charge is -2.36. The molecule has 1 heterocycles. The first-order chi connectivity index (χ1) is 12.6. The highest BCUT2D eigenvalue weighted by Gasteiger charge is 2.24. The molecule has 1 fully saturated rings. The second-order valence-corrected chi connectivity index (χ2v) is 6.46. The minimum absolute atomic E-state index is 0.00000507. The van der Waals surface area contributed by atoms with Crippen LogP contribution in [0.15, 0.2) is 48.5 Å². The van der Waals surface area contributed by atoms with Crippen LogP contribution in [-0.4, -0.2) is 49.6 Å². The topological polar surface area (TPSA) is 49.9 Å². The van der Waals surface area contributed by atoms with Crippen molar-refractivity contribution < 1.29 is 14.3 Å². The molecule has 1 amide bonds. The number of rotatable bonds is 4. The number of amides is 1. The standard InChI is InChI=1S/C20H21ClN2O3/c1-2-26-20(25)17-5-3-4-6-18(17)22-11-13-23(14-12-22)19(24)15-7-9-16(21)10-8-15/h3-10H,2,11-14H2,1H3. The molecule has 0 radical (unpaired) electrons. The molecule has 0 saturated carbocycles. The van der Waals surface area contributed by atoms with Crippen LogP contribution in [0, 0.1) is 0 Å². The van der Waals surface area contributed by atoms with Crippen molar-refractivity contribution in [1.29, 1.82) is 0 Å². The molecule has 0 atom stereocenters. The van der Waals surface area contributed by atoms with Crippen molar-refractivity contribution in [2.75, 3.05) is 37.7 Å². The van der Waals surface area contributed by atoms with Gasteiger partial charge >= 0.3 is 5.97 Å². The molecule has 3 rings (SSSR count). The number of piperazine rings is 1. The number of carbonyl (C=O) groups is 2. The summed E-state index contributed by atoms with van der Waals surface area (Å²) in [6.07, 6.45) is 0. The number of anilines is 1. The fraction of sp³-hybridized carbons (Fsp3) is 0.300. The summed E-state index contributed by atoms with van der Waals surface area (Å²) in [6, 6.07) is 14.4. The minimum Gasteiger partial charge on any atom is -0.462 e. The van der Waals surface area contributed by atoms with Gasteiger partial charge in [-0.1, -0.05) is 23.7 Å². The number of hydrogen-bond acceptors (Lipinski definition) is 4. The zero-order valence-corrected chi connectivity index (χ0v) is 15.4. The molecule has 2 aromatic rings. The Kier molecular flexibility index (Phi) is 5.78. The molecular formula is C20H21ClN2O3. The van der Waals surface area contributed by atoms with Crippen molar-refractivity contribution >= 4 is 29.2 Å². The molecule has 2 aromatic carbocycles. The van der Waals surface area contributed by atoms with Crippen LogP contribution in [0.3, 0.4) is 0 Å². The number of para-hydroxylation sites is 1. The maximum absolute atomic E-state index is 12.6. The molecule has 0 N–H and O–H groups in total. The van der Waals surface area contributed by atoms with Gasteiger partial charge in [-0.25, -0.2) is 4.79 Å². The van der Waals surface area contributed by atoms with E-state index in [9.17, 15) is 9.59 Å². The number of carbonyl (C=O) groups excluding carboxylic acids is 2. The van der Waals surface area contributed by atoms with Crippen molar-refractivity contribution in [2.24, 2.45) is 0 Å². The molecule has 1 saturated heterocycles. The highest BCUT2D eigenvalue weighted by Crippen LogP contribution is 2.23. The summed E-state index contributed by atoms with van der Waals surface area (Å²) < 4.78 is 5.15. The molecule has 6 heteroatoms. The molecule has 0 aromatic heterocycles. The lowest BCUT2D eigenvalue weighted by molar-refractivity contribution is 0.0526. The fourth-order valence-electron chi connectivity index (χ4n) is 3.06. The van der Waals surface area contributed by atoms with E-state index in [2.05, 4.69) is 4.90 Å². The molecule has 1 aliphatic heterocycles. The number of ether oxygens (including phenoxy) is 1. The average Bonchev–Trinajstić information content (AvgIpc) is 2.68. The van der Waals surface area contributed by atoms with Gasteiger partial charge in [0.25, 0.3) is 5.91 Å². The van der Waals surface area contributed by atoms with Crippen LogP contribution >= 0.6 is 11.6 Å². The second kappa shape index (κ2) is 8.23. The van der Waals surface area contributed by atoms with Crippen molar-refractivity contribution in [2.45, 2.75) is 6.92 Å². The van der Waals surface area contributed by atoms with E-state index in [1.54, 1.807) is 37.3 Å². The summed E-state index contributed by atoms with van der Waals surface area (Å²) in [7, 11) is 0. The summed E-state index contributed by atoms with van der Waals surface area (Å²) in [5.41, 5.74) is 2.05. The van der Waals surface area contributed by atoms with Gasteiger partial charge in [0, 0.05) is 36.8 Å². The summed E-state index contributed by atoms with van der Waals surface area (Å²) in [5.74, 6) is -0.317. The lowest BCUT2D eigenvalue weighted by Crippen LogP contribution is -2.49. The van der Waals surface area contributed by atoms with Gasteiger partial charge in [0.15, 0.2) is 0 Å². The summed E-state index contributed by atoms with van der Waals surface area (Å²) in [4.78, 5) is 28.7. The van der Waals surface area contributed by atoms with E-state index in [-0.39, 0.29) is 11.9 Å². The Balaban J connectivity index is 1.68. The Morgan fingerprint density at radius 2 is 1.65 bits per heavy atom. The van der Waals surface area contributed by atoms with Gasteiger partial charge in [-0.05, 0) is 43.3 Å². The Morgan fingerprint density at radius 3 is 2.31 bits per heavy atom. The van der Waals surface area contributed by atoms with Crippen molar-refractivity contribution in [1.82, 2.24) is 4.90 Å². The molecular weight excluding hydrogens is 352 g/mol. The Labute approximate surface area is 158 Å². The fourth-order valence-corrected chi connectivity index (χ4v) is 3.18. The van der Waals surface area contributed by atoms with Gasteiger partial charge in [0.2, 0.25) is 0 Å². The van der Waals surface area contributed by atoms with Crippen LogP contribution in [0.1, 0.15) is 27.6 Å². The predicted octanol–water partition coefficient (Wildman–Crippen LogP) is 3.48. The Hall–Kier alpha value is -2.53. The number of esters is 1. The summed E-state index contributed by atoms with van der Waals surface area (Å²) in [6.45, 7) is 4.65. The molecule has 0 aliphatic carbocycles. The van der Waals surface area contributed by atoms with E-state index in [4.69, 9.17) is 16.3 Å².